The maximum Gasteiger partial charge on any atom is 0.271 e. The van der Waals surface area contributed by atoms with Gasteiger partial charge in [0.2, 0.25) is 10.0 Å². The van der Waals surface area contributed by atoms with E-state index in [1.54, 1.807) is 24.3 Å². The van der Waals surface area contributed by atoms with Crippen LogP contribution in [0.3, 0.4) is 0 Å². The summed E-state index contributed by atoms with van der Waals surface area (Å²) in [5, 5.41) is 13.9. The number of hydrogen-bond donors (Lipinski definition) is 1. The van der Waals surface area contributed by atoms with E-state index in [1.807, 2.05) is 24.3 Å². The molecule has 0 fully saturated rings. The summed E-state index contributed by atoms with van der Waals surface area (Å²) in [5.74, 6) is 0.467. The maximum atomic E-state index is 12.5. The van der Waals surface area contributed by atoms with Crippen molar-refractivity contribution >= 4 is 27.3 Å². The molecule has 36 heavy (non-hydrogen) atoms. The standard InChI is InChI=1S/C26H29N3O6S/c1-3-5-20-10-14-25(15-11-20)35-17-16-27-26(30)22-12-8-21(9-13-22)19-28(36(2,33)34)23-6-4-7-24(18-23)29(31)32/h4,6-15,18H,3,5,16-17,19H2,1-2H3,(H,27,30). The van der Waals surface area contributed by atoms with Gasteiger partial charge in [0.15, 0.2) is 0 Å². The van der Waals surface area contributed by atoms with E-state index in [0.29, 0.717) is 24.3 Å². The lowest BCUT2D eigenvalue weighted by Gasteiger charge is -2.22. The largest absolute Gasteiger partial charge is 0.492 e. The van der Waals surface area contributed by atoms with E-state index in [0.717, 1.165) is 29.2 Å². The molecule has 0 radical (unpaired) electrons. The van der Waals surface area contributed by atoms with Crippen LogP contribution >= 0.6 is 0 Å². The zero-order chi connectivity index (χ0) is 26.1. The average molecular weight is 512 g/mol. The van der Waals surface area contributed by atoms with E-state index < -0.39 is 14.9 Å². The van der Waals surface area contributed by atoms with Crippen molar-refractivity contribution in [3.8, 4) is 5.75 Å². The Hall–Kier alpha value is -3.92. The summed E-state index contributed by atoms with van der Waals surface area (Å²) in [6, 6.07) is 19.8. The van der Waals surface area contributed by atoms with Crippen molar-refractivity contribution in [2.24, 2.45) is 0 Å². The fraction of sp³-hybridized carbons (Fsp3) is 0.269. The van der Waals surface area contributed by atoms with Gasteiger partial charge in [-0.15, -0.1) is 0 Å². The molecule has 0 bridgehead atoms. The Morgan fingerprint density at radius 1 is 1.03 bits per heavy atom. The zero-order valence-electron chi connectivity index (χ0n) is 20.2. The summed E-state index contributed by atoms with van der Waals surface area (Å²) in [4.78, 5) is 23.0. The van der Waals surface area contributed by atoms with E-state index in [4.69, 9.17) is 4.74 Å². The van der Waals surface area contributed by atoms with Crippen molar-refractivity contribution in [1.82, 2.24) is 5.32 Å². The quantitative estimate of drug-likeness (QED) is 0.220. The van der Waals surface area contributed by atoms with Crippen LogP contribution in [0.2, 0.25) is 0 Å². The Labute approximate surface area is 210 Å². The van der Waals surface area contributed by atoms with Gasteiger partial charge in [0.05, 0.1) is 30.0 Å². The predicted molar refractivity (Wildman–Crippen MR) is 139 cm³/mol. The molecule has 0 saturated carbocycles. The van der Waals surface area contributed by atoms with Crippen LogP contribution in [0.15, 0.2) is 72.8 Å². The predicted octanol–water partition coefficient (Wildman–Crippen LogP) is 4.32. The Kier molecular flexibility index (Phi) is 9.02. The van der Waals surface area contributed by atoms with E-state index >= 15 is 0 Å². The number of carbonyl (C=O) groups is 1. The highest BCUT2D eigenvalue weighted by atomic mass is 32.2. The van der Waals surface area contributed by atoms with Crippen molar-refractivity contribution in [1.29, 1.82) is 0 Å². The lowest BCUT2D eigenvalue weighted by molar-refractivity contribution is -0.384. The number of rotatable bonds is 12. The molecule has 1 N–H and O–H groups in total. The fourth-order valence-corrected chi connectivity index (χ4v) is 4.45. The third kappa shape index (κ3) is 7.54. The molecule has 0 atom stereocenters. The first-order valence-electron chi connectivity index (χ1n) is 11.5. The Morgan fingerprint density at radius 2 is 1.69 bits per heavy atom. The Balaban J connectivity index is 1.56. The summed E-state index contributed by atoms with van der Waals surface area (Å²) in [6.45, 7) is 2.74. The van der Waals surface area contributed by atoms with Gasteiger partial charge >= 0.3 is 0 Å². The molecule has 0 aliphatic carbocycles. The number of amides is 1. The zero-order valence-corrected chi connectivity index (χ0v) is 21.0. The van der Waals surface area contributed by atoms with Crippen molar-refractivity contribution in [3.63, 3.8) is 0 Å². The molecular weight excluding hydrogens is 482 g/mol. The number of anilines is 1. The van der Waals surface area contributed by atoms with Gasteiger partial charge < -0.3 is 10.1 Å². The van der Waals surface area contributed by atoms with Crippen molar-refractivity contribution in [2.75, 3.05) is 23.7 Å². The van der Waals surface area contributed by atoms with Crippen molar-refractivity contribution in [3.05, 3.63) is 99.6 Å². The van der Waals surface area contributed by atoms with Gasteiger partial charge in [-0.05, 0) is 47.9 Å². The molecule has 190 valence electrons. The first kappa shape index (κ1) is 26.7. The molecule has 1 amide bonds. The van der Waals surface area contributed by atoms with Crippen LogP contribution in [0.5, 0.6) is 5.75 Å². The maximum absolute atomic E-state index is 12.5. The van der Waals surface area contributed by atoms with Gasteiger partial charge in [0.1, 0.15) is 12.4 Å². The van der Waals surface area contributed by atoms with Gasteiger partial charge in [0.25, 0.3) is 11.6 Å². The molecule has 0 aliphatic heterocycles. The average Bonchev–Trinajstić information content (AvgIpc) is 2.86. The third-order valence-corrected chi connectivity index (χ3v) is 6.53. The second-order valence-electron chi connectivity index (χ2n) is 8.24. The number of aryl methyl sites for hydroxylation is 1. The third-order valence-electron chi connectivity index (χ3n) is 5.39. The number of nitro groups is 1. The first-order chi connectivity index (χ1) is 17.2. The second kappa shape index (κ2) is 12.2. The smallest absolute Gasteiger partial charge is 0.271 e. The SMILES string of the molecule is CCCc1ccc(OCCNC(=O)c2ccc(CN(c3cccc([N+](=O)[O-])c3)S(C)(=O)=O)cc2)cc1. The minimum absolute atomic E-state index is 0.0349. The van der Waals surface area contributed by atoms with Gasteiger partial charge in [-0.25, -0.2) is 8.42 Å². The highest BCUT2D eigenvalue weighted by Crippen LogP contribution is 2.25. The molecule has 0 aliphatic rings. The minimum Gasteiger partial charge on any atom is -0.492 e. The lowest BCUT2D eigenvalue weighted by Crippen LogP contribution is -2.29. The van der Waals surface area contributed by atoms with Gasteiger partial charge in [-0.1, -0.05) is 43.7 Å². The lowest BCUT2D eigenvalue weighted by atomic mass is 10.1. The van der Waals surface area contributed by atoms with Gasteiger partial charge in [0, 0.05) is 17.7 Å². The minimum atomic E-state index is -3.71. The molecule has 0 spiro atoms. The summed E-state index contributed by atoms with van der Waals surface area (Å²) in [5.41, 5.74) is 2.28. The van der Waals surface area contributed by atoms with Crippen LogP contribution in [-0.4, -0.2) is 38.7 Å². The molecule has 3 rings (SSSR count). The fourth-order valence-electron chi connectivity index (χ4n) is 3.57. The highest BCUT2D eigenvalue weighted by Gasteiger charge is 2.20. The molecule has 9 nitrogen and oxygen atoms in total. The molecule has 10 heteroatoms. The van der Waals surface area contributed by atoms with Crippen LogP contribution in [0.4, 0.5) is 11.4 Å². The number of nitrogens with zero attached hydrogens (tertiary/aromatic N) is 2. The van der Waals surface area contributed by atoms with Crippen molar-refractivity contribution < 1.29 is 22.9 Å². The van der Waals surface area contributed by atoms with E-state index in [9.17, 15) is 23.3 Å². The van der Waals surface area contributed by atoms with Gasteiger partial charge in [-0.3, -0.25) is 19.2 Å². The Bertz CT molecular complexity index is 1290. The van der Waals surface area contributed by atoms with E-state index in [1.165, 1.54) is 29.8 Å². The molecular formula is C26H29N3O6S. The summed E-state index contributed by atoms with van der Waals surface area (Å²) < 4.78 is 31.5. The van der Waals surface area contributed by atoms with Crippen LogP contribution in [0.25, 0.3) is 0 Å². The molecule has 0 saturated heterocycles. The number of nitrogens with one attached hydrogen (secondary N) is 1. The summed E-state index contributed by atoms with van der Waals surface area (Å²) in [7, 11) is -3.71. The second-order valence-corrected chi connectivity index (χ2v) is 10.1. The number of non-ortho nitro benzene ring substituents is 1. The molecule has 0 aromatic heterocycles. The summed E-state index contributed by atoms with van der Waals surface area (Å²) >= 11 is 0. The molecule has 0 unspecified atom stereocenters. The molecule has 3 aromatic rings. The normalized spacial score (nSPS) is 11.1. The number of carbonyl (C=O) groups excluding carboxylic acids is 1. The molecule has 0 heterocycles. The van der Waals surface area contributed by atoms with E-state index in [2.05, 4.69) is 12.2 Å². The summed E-state index contributed by atoms with van der Waals surface area (Å²) in [6.07, 6.45) is 3.15. The Morgan fingerprint density at radius 3 is 2.31 bits per heavy atom. The van der Waals surface area contributed by atoms with Crippen LogP contribution < -0.4 is 14.4 Å². The van der Waals surface area contributed by atoms with Crippen LogP contribution in [0, 0.1) is 10.1 Å². The van der Waals surface area contributed by atoms with Crippen molar-refractivity contribution in [2.45, 2.75) is 26.3 Å². The molecule has 3 aromatic carbocycles. The van der Waals surface area contributed by atoms with E-state index in [-0.39, 0.29) is 23.8 Å². The number of hydrogen-bond acceptors (Lipinski definition) is 6. The monoisotopic (exact) mass is 511 g/mol. The number of benzene rings is 3. The van der Waals surface area contributed by atoms with Crippen LogP contribution in [0.1, 0.15) is 34.8 Å². The first-order valence-corrected chi connectivity index (χ1v) is 13.3. The number of ether oxygens (including phenoxy) is 1. The highest BCUT2D eigenvalue weighted by molar-refractivity contribution is 7.92. The number of sulfonamides is 1. The topological polar surface area (TPSA) is 119 Å². The van der Waals surface area contributed by atoms with Crippen LogP contribution in [-0.2, 0) is 23.0 Å². The number of nitro benzene ring substituents is 1. The van der Waals surface area contributed by atoms with Gasteiger partial charge in [-0.2, -0.15) is 0 Å².